The first-order chi connectivity index (χ1) is 12.5. The molecule has 2 aromatic heterocycles. The molecule has 0 spiro atoms. The summed E-state index contributed by atoms with van der Waals surface area (Å²) >= 11 is 6.15. The Balaban J connectivity index is 1.74. The van der Waals surface area contributed by atoms with Crippen molar-refractivity contribution in [2.45, 2.75) is 26.4 Å². The Morgan fingerprint density at radius 2 is 2.04 bits per heavy atom. The van der Waals surface area contributed by atoms with Gasteiger partial charge in [0, 0.05) is 12.1 Å². The van der Waals surface area contributed by atoms with Crippen molar-refractivity contribution in [3.63, 3.8) is 0 Å². The van der Waals surface area contributed by atoms with Crippen LogP contribution in [0.4, 0.5) is 0 Å². The molecule has 0 saturated carbocycles. The number of aromatic nitrogens is 2. The molecule has 3 rings (SSSR count). The maximum atomic E-state index is 12.5. The van der Waals surface area contributed by atoms with E-state index in [0.717, 1.165) is 0 Å². The molecule has 134 valence electrons. The van der Waals surface area contributed by atoms with Crippen molar-refractivity contribution in [2.75, 3.05) is 0 Å². The molecule has 0 radical (unpaired) electrons. The van der Waals surface area contributed by atoms with E-state index in [2.05, 4.69) is 10.2 Å². The summed E-state index contributed by atoms with van der Waals surface area (Å²) in [5.74, 6) is 1.11. The normalized spacial score (nSPS) is 11.4. The highest BCUT2D eigenvalue weighted by atomic mass is 35.5. The van der Waals surface area contributed by atoms with Gasteiger partial charge in [0.1, 0.15) is 5.76 Å². The summed E-state index contributed by atoms with van der Waals surface area (Å²) in [6.07, 6.45) is 4.64. The quantitative estimate of drug-likeness (QED) is 0.599. The van der Waals surface area contributed by atoms with Gasteiger partial charge < -0.3 is 13.7 Å². The van der Waals surface area contributed by atoms with Gasteiger partial charge in [-0.2, -0.15) is 0 Å². The van der Waals surface area contributed by atoms with E-state index in [-0.39, 0.29) is 18.5 Å². The van der Waals surface area contributed by atoms with Gasteiger partial charge in [0.05, 0.1) is 23.4 Å². The molecule has 1 aromatic carbocycles. The minimum atomic E-state index is -0.172. The smallest absolute Gasteiger partial charge is 0.249 e. The molecule has 0 N–H and O–H groups in total. The molecular weight excluding hydrogens is 354 g/mol. The van der Waals surface area contributed by atoms with Crippen LogP contribution < -0.4 is 0 Å². The molecule has 0 aliphatic rings. The third-order valence-electron chi connectivity index (χ3n) is 3.72. The van der Waals surface area contributed by atoms with Gasteiger partial charge in [0.15, 0.2) is 0 Å². The van der Waals surface area contributed by atoms with Gasteiger partial charge in [0.25, 0.3) is 0 Å². The zero-order valence-electron chi connectivity index (χ0n) is 14.4. The number of rotatable bonds is 6. The molecule has 1 amide bonds. The minimum Gasteiger partial charge on any atom is -0.465 e. The van der Waals surface area contributed by atoms with Crippen molar-refractivity contribution in [3.05, 3.63) is 65.4 Å². The van der Waals surface area contributed by atoms with Crippen molar-refractivity contribution in [1.29, 1.82) is 0 Å². The fourth-order valence-electron chi connectivity index (χ4n) is 2.36. The number of amides is 1. The van der Waals surface area contributed by atoms with E-state index >= 15 is 0 Å². The fraction of sp³-hybridized carbons (Fsp3) is 0.211. The van der Waals surface area contributed by atoms with Crippen molar-refractivity contribution in [1.82, 2.24) is 15.1 Å². The maximum Gasteiger partial charge on any atom is 0.249 e. The van der Waals surface area contributed by atoms with Gasteiger partial charge in [0.2, 0.25) is 17.7 Å². The number of nitrogens with zero attached hydrogens (tertiary/aromatic N) is 3. The van der Waals surface area contributed by atoms with E-state index < -0.39 is 0 Å². The third-order valence-corrected chi connectivity index (χ3v) is 4.05. The van der Waals surface area contributed by atoms with E-state index in [9.17, 15) is 4.79 Å². The molecule has 2 heterocycles. The zero-order valence-corrected chi connectivity index (χ0v) is 15.2. The van der Waals surface area contributed by atoms with Gasteiger partial charge in [-0.05, 0) is 44.2 Å². The van der Waals surface area contributed by atoms with Crippen molar-refractivity contribution >= 4 is 23.6 Å². The van der Waals surface area contributed by atoms with Crippen LogP contribution in [-0.4, -0.2) is 27.0 Å². The van der Waals surface area contributed by atoms with Gasteiger partial charge in [-0.3, -0.25) is 4.79 Å². The number of carbonyl (C=O) groups excluding carboxylic acids is 1. The second kappa shape index (κ2) is 8.01. The maximum absolute atomic E-state index is 12.5. The molecule has 0 saturated heterocycles. The average molecular weight is 372 g/mol. The average Bonchev–Trinajstić information content (AvgIpc) is 3.29. The molecule has 0 aliphatic carbocycles. The van der Waals surface area contributed by atoms with Crippen LogP contribution in [0.1, 0.15) is 25.5 Å². The van der Waals surface area contributed by atoms with Gasteiger partial charge in [-0.15, -0.1) is 10.2 Å². The van der Waals surface area contributed by atoms with Gasteiger partial charge in [-0.1, -0.05) is 23.7 Å². The van der Waals surface area contributed by atoms with Crippen LogP contribution in [0.5, 0.6) is 0 Å². The van der Waals surface area contributed by atoms with E-state index in [1.165, 1.54) is 6.08 Å². The van der Waals surface area contributed by atoms with Crippen LogP contribution >= 0.6 is 11.6 Å². The number of carbonyl (C=O) groups is 1. The Bertz CT molecular complexity index is 900. The first kappa shape index (κ1) is 17.9. The minimum absolute atomic E-state index is 0.0422. The molecular formula is C19H18ClN3O3. The van der Waals surface area contributed by atoms with Crippen molar-refractivity contribution in [2.24, 2.45) is 0 Å². The summed E-state index contributed by atoms with van der Waals surface area (Å²) in [6.45, 7) is 4.05. The molecule has 7 heteroatoms. The summed E-state index contributed by atoms with van der Waals surface area (Å²) in [7, 11) is 0. The highest BCUT2D eigenvalue weighted by molar-refractivity contribution is 6.33. The van der Waals surface area contributed by atoms with Crippen LogP contribution in [0.3, 0.4) is 0 Å². The second-order valence-electron chi connectivity index (χ2n) is 5.89. The summed E-state index contributed by atoms with van der Waals surface area (Å²) in [6, 6.07) is 10.7. The predicted molar refractivity (Wildman–Crippen MR) is 98.2 cm³/mol. The van der Waals surface area contributed by atoms with Crippen molar-refractivity contribution < 1.29 is 13.6 Å². The highest BCUT2D eigenvalue weighted by Gasteiger charge is 2.19. The zero-order chi connectivity index (χ0) is 18.5. The molecule has 0 bridgehead atoms. The van der Waals surface area contributed by atoms with E-state index in [4.69, 9.17) is 20.4 Å². The lowest BCUT2D eigenvalue weighted by atomic mass is 10.2. The lowest BCUT2D eigenvalue weighted by Gasteiger charge is -2.23. The van der Waals surface area contributed by atoms with E-state index in [1.54, 1.807) is 41.5 Å². The SMILES string of the molecule is CC(C)N(Cc1nnc(-c2ccccc2Cl)o1)C(=O)/C=C/c1ccco1. The standard InChI is InChI=1S/C19H18ClN3O3/c1-13(2)23(18(24)10-9-14-6-5-11-25-14)12-17-21-22-19(26-17)15-7-3-4-8-16(15)20/h3-11,13H,12H2,1-2H3/b10-9+. The van der Waals surface area contributed by atoms with Gasteiger partial charge >= 0.3 is 0 Å². The van der Waals surface area contributed by atoms with Gasteiger partial charge in [-0.25, -0.2) is 0 Å². The monoisotopic (exact) mass is 371 g/mol. The highest BCUT2D eigenvalue weighted by Crippen LogP contribution is 2.26. The molecule has 0 atom stereocenters. The fourth-order valence-corrected chi connectivity index (χ4v) is 2.57. The van der Waals surface area contributed by atoms with Crippen LogP contribution in [0, 0.1) is 0 Å². The summed E-state index contributed by atoms with van der Waals surface area (Å²) in [4.78, 5) is 14.1. The molecule has 0 aliphatic heterocycles. The predicted octanol–water partition coefficient (Wildman–Crippen LogP) is 4.43. The summed E-state index contributed by atoms with van der Waals surface area (Å²) < 4.78 is 10.9. The largest absolute Gasteiger partial charge is 0.465 e. The first-order valence-electron chi connectivity index (χ1n) is 8.14. The van der Waals surface area contributed by atoms with E-state index in [1.807, 2.05) is 26.0 Å². The van der Waals surface area contributed by atoms with Crippen LogP contribution in [-0.2, 0) is 11.3 Å². The first-order valence-corrected chi connectivity index (χ1v) is 8.52. The topological polar surface area (TPSA) is 72.4 Å². The number of halogens is 1. The number of hydrogen-bond donors (Lipinski definition) is 0. The summed E-state index contributed by atoms with van der Waals surface area (Å²) in [5.41, 5.74) is 0.660. The Morgan fingerprint density at radius 3 is 2.73 bits per heavy atom. The lowest BCUT2D eigenvalue weighted by Crippen LogP contribution is -2.35. The number of hydrogen-bond acceptors (Lipinski definition) is 5. The Morgan fingerprint density at radius 1 is 1.23 bits per heavy atom. The summed E-state index contributed by atoms with van der Waals surface area (Å²) in [5, 5.41) is 8.60. The van der Waals surface area contributed by atoms with Crippen LogP contribution in [0.15, 0.2) is 57.6 Å². The molecule has 6 nitrogen and oxygen atoms in total. The number of furan rings is 1. The molecule has 3 aromatic rings. The molecule has 0 unspecified atom stereocenters. The van der Waals surface area contributed by atoms with Crippen molar-refractivity contribution in [3.8, 4) is 11.5 Å². The molecule has 26 heavy (non-hydrogen) atoms. The Labute approximate surface area is 156 Å². The second-order valence-corrected chi connectivity index (χ2v) is 6.30. The molecule has 0 fully saturated rings. The third kappa shape index (κ3) is 4.21. The van der Waals surface area contributed by atoms with Crippen LogP contribution in [0.2, 0.25) is 5.02 Å². The Hall–Kier alpha value is -2.86. The van der Waals surface area contributed by atoms with Crippen LogP contribution in [0.25, 0.3) is 17.5 Å². The number of benzene rings is 1. The van der Waals surface area contributed by atoms with E-state index in [0.29, 0.717) is 28.1 Å². The lowest BCUT2D eigenvalue weighted by molar-refractivity contribution is -0.128. The Kier molecular flexibility index (Phi) is 5.53.